The molecule has 3 rings (SSSR count). The third-order valence-corrected chi connectivity index (χ3v) is 4.93. The van der Waals surface area contributed by atoms with E-state index in [4.69, 9.17) is 21.7 Å². The molecular weight excluding hydrogens is 374 g/mol. The number of anilines is 2. The summed E-state index contributed by atoms with van der Waals surface area (Å²) < 4.78 is 10.5. The lowest BCUT2D eigenvalue weighted by atomic mass is 10.1. The summed E-state index contributed by atoms with van der Waals surface area (Å²) >= 11 is 5.37. The number of nitrogens with one attached hydrogen (secondary N) is 2. The van der Waals surface area contributed by atoms with E-state index in [1.807, 2.05) is 18.2 Å². The highest BCUT2D eigenvalue weighted by Gasteiger charge is 2.16. The molecule has 1 aliphatic rings. The van der Waals surface area contributed by atoms with Crippen LogP contribution in [-0.4, -0.2) is 38.3 Å². The van der Waals surface area contributed by atoms with E-state index < -0.39 is 0 Å². The Kier molecular flexibility index (Phi) is 6.71. The van der Waals surface area contributed by atoms with E-state index in [0.717, 1.165) is 24.5 Å². The Morgan fingerprint density at radius 1 is 1.00 bits per heavy atom. The lowest BCUT2D eigenvalue weighted by Gasteiger charge is -2.30. The number of para-hydroxylation sites is 2. The van der Waals surface area contributed by atoms with Gasteiger partial charge in [-0.1, -0.05) is 12.1 Å². The number of nitrogens with zero attached hydrogens (tertiary/aromatic N) is 1. The van der Waals surface area contributed by atoms with Gasteiger partial charge < -0.3 is 19.7 Å². The van der Waals surface area contributed by atoms with Crippen LogP contribution in [-0.2, 0) is 0 Å². The monoisotopic (exact) mass is 399 g/mol. The molecule has 148 valence electrons. The number of carbonyl (C=O) groups is 1. The van der Waals surface area contributed by atoms with Gasteiger partial charge >= 0.3 is 0 Å². The fourth-order valence-corrected chi connectivity index (χ4v) is 3.50. The Bertz CT molecular complexity index is 851. The lowest BCUT2D eigenvalue weighted by molar-refractivity contribution is 0.0977. The molecule has 0 saturated carbocycles. The highest BCUT2D eigenvalue weighted by atomic mass is 32.1. The summed E-state index contributed by atoms with van der Waals surface area (Å²) in [6.45, 7) is 2.06. The Morgan fingerprint density at radius 3 is 2.43 bits per heavy atom. The van der Waals surface area contributed by atoms with Crippen LogP contribution in [0, 0.1) is 0 Å². The van der Waals surface area contributed by atoms with Crippen molar-refractivity contribution in [2.45, 2.75) is 19.3 Å². The lowest BCUT2D eigenvalue weighted by Crippen LogP contribution is -2.35. The molecule has 6 nitrogen and oxygen atoms in total. The number of ether oxygens (including phenoxy) is 2. The van der Waals surface area contributed by atoms with Crippen LogP contribution in [0.1, 0.15) is 29.6 Å². The van der Waals surface area contributed by atoms with E-state index in [-0.39, 0.29) is 11.0 Å². The Morgan fingerprint density at radius 2 is 1.71 bits per heavy atom. The number of hydrogen-bond donors (Lipinski definition) is 2. The zero-order chi connectivity index (χ0) is 19.9. The Hall–Kier alpha value is -2.80. The molecule has 2 aromatic carbocycles. The molecule has 0 unspecified atom stereocenters. The maximum atomic E-state index is 12.6. The average molecular weight is 400 g/mol. The van der Waals surface area contributed by atoms with Gasteiger partial charge in [0, 0.05) is 18.7 Å². The first kappa shape index (κ1) is 19.9. The summed E-state index contributed by atoms with van der Waals surface area (Å²) in [6, 6.07) is 13.0. The van der Waals surface area contributed by atoms with Crippen LogP contribution >= 0.6 is 12.2 Å². The molecule has 7 heteroatoms. The number of methoxy groups -OCH3 is 2. The molecular formula is C21H25N3O3S. The summed E-state index contributed by atoms with van der Waals surface area (Å²) in [6.07, 6.45) is 3.65. The minimum atomic E-state index is -0.311. The van der Waals surface area contributed by atoms with Crippen molar-refractivity contribution in [1.29, 1.82) is 0 Å². The number of piperidine rings is 1. The first-order valence-electron chi connectivity index (χ1n) is 9.30. The molecule has 1 amide bonds. The zero-order valence-electron chi connectivity index (χ0n) is 16.2. The second-order valence-electron chi connectivity index (χ2n) is 6.54. The molecule has 1 heterocycles. The molecule has 0 aromatic heterocycles. The van der Waals surface area contributed by atoms with Gasteiger partial charge in [0.05, 0.1) is 25.6 Å². The third-order valence-electron chi connectivity index (χ3n) is 4.72. The van der Waals surface area contributed by atoms with Crippen molar-refractivity contribution in [3.63, 3.8) is 0 Å². The van der Waals surface area contributed by atoms with E-state index in [9.17, 15) is 4.79 Å². The van der Waals surface area contributed by atoms with Crippen LogP contribution in [0.25, 0.3) is 0 Å². The van der Waals surface area contributed by atoms with Crippen molar-refractivity contribution in [1.82, 2.24) is 5.32 Å². The van der Waals surface area contributed by atoms with Gasteiger partial charge in [-0.3, -0.25) is 10.1 Å². The van der Waals surface area contributed by atoms with E-state index >= 15 is 0 Å². The summed E-state index contributed by atoms with van der Waals surface area (Å²) in [5, 5.41) is 6.15. The molecule has 2 aromatic rings. The van der Waals surface area contributed by atoms with Crippen LogP contribution in [0.3, 0.4) is 0 Å². The molecule has 1 fully saturated rings. The van der Waals surface area contributed by atoms with Crippen LogP contribution in [0.5, 0.6) is 11.5 Å². The summed E-state index contributed by atoms with van der Waals surface area (Å²) in [5.74, 6) is 0.744. The van der Waals surface area contributed by atoms with Crippen molar-refractivity contribution in [3.8, 4) is 11.5 Å². The van der Waals surface area contributed by atoms with Gasteiger partial charge in [0.2, 0.25) is 0 Å². The van der Waals surface area contributed by atoms with Crippen molar-refractivity contribution in [2.24, 2.45) is 0 Å². The fourth-order valence-electron chi connectivity index (χ4n) is 3.30. The molecule has 1 saturated heterocycles. The number of rotatable bonds is 5. The number of amides is 1. The fraction of sp³-hybridized carbons (Fsp3) is 0.333. The second kappa shape index (κ2) is 9.41. The maximum absolute atomic E-state index is 12.6. The Balaban J connectivity index is 1.68. The molecule has 0 bridgehead atoms. The van der Waals surface area contributed by atoms with Gasteiger partial charge in [0.25, 0.3) is 5.91 Å². The van der Waals surface area contributed by atoms with Crippen LogP contribution in [0.4, 0.5) is 11.4 Å². The van der Waals surface area contributed by atoms with Crippen LogP contribution in [0.2, 0.25) is 0 Å². The smallest absolute Gasteiger partial charge is 0.257 e. The van der Waals surface area contributed by atoms with Crippen molar-refractivity contribution >= 4 is 34.6 Å². The van der Waals surface area contributed by atoms with E-state index in [0.29, 0.717) is 17.1 Å². The first-order valence-corrected chi connectivity index (χ1v) is 9.71. The predicted molar refractivity (Wildman–Crippen MR) is 116 cm³/mol. The number of benzene rings is 2. The SMILES string of the molecule is COc1ccc(C(=O)NC(=S)Nc2ccccc2N2CCCCC2)cc1OC. The van der Waals surface area contributed by atoms with Gasteiger partial charge in [-0.15, -0.1) is 0 Å². The van der Waals surface area contributed by atoms with Crippen molar-refractivity contribution < 1.29 is 14.3 Å². The van der Waals surface area contributed by atoms with Crippen molar-refractivity contribution in [2.75, 3.05) is 37.5 Å². The van der Waals surface area contributed by atoms with Crippen LogP contribution in [0.15, 0.2) is 42.5 Å². The molecule has 1 aliphatic heterocycles. The standard InChI is InChI=1S/C21H25N3O3S/c1-26-18-11-10-15(14-19(18)27-2)20(25)23-21(28)22-16-8-4-5-9-17(16)24-12-6-3-7-13-24/h4-5,8-11,14H,3,6-7,12-13H2,1-2H3,(H2,22,23,25,28). The molecule has 2 N–H and O–H groups in total. The van der Waals surface area contributed by atoms with Gasteiger partial charge in [0.1, 0.15) is 0 Å². The first-order chi connectivity index (χ1) is 13.6. The largest absolute Gasteiger partial charge is 0.493 e. The van der Waals surface area contributed by atoms with E-state index in [1.54, 1.807) is 25.3 Å². The normalized spacial score (nSPS) is 13.6. The maximum Gasteiger partial charge on any atom is 0.257 e. The summed E-state index contributed by atoms with van der Waals surface area (Å²) in [7, 11) is 3.08. The number of hydrogen-bond acceptors (Lipinski definition) is 5. The van der Waals surface area contributed by atoms with Gasteiger partial charge in [-0.2, -0.15) is 0 Å². The topological polar surface area (TPSA) is 62.8 Å². The van der Waals surface area contributed by atoms with E-state index in [1.165, 1.54) is 26.4 Å². The zero-order valence-corrected chi connectivity index (χ0v) is 17.0. The van der Waals surface area contributed by atoms with Crippen LogP contribution < -0.4 is 25.0 Å². The third kappa shape index (κ3) is 4.72. The molecule has 0 spiro atoms. The molecule has 28 heavy (non-hydrogen) atoms. The predicted octanol–water partition coefficient (Wildman–Crippen LogP) is 3.82. The minimum Gasteiger partial charge on any atom is -0.493 e. The minimum absolute atomic E-state index is 0.254. The second-order valence-corrected chi connectivity index (χ2v) is 6.95. The highest BCUT2D eigenvalue weighted by molar-refractivity contribution is 7.80. The summed E-state index contributed by atoms with van der Waals surface area (Å²) in [4.78, 5) is 14.9. The molecule has 0 aliphatic carbocycles. The quantitative estimate of drug-likeness (QED) is 0.746. The van der Waals surface area contributed by atoms with Gasteiger partial charge in [-0.25, -0.2) is 0 Å². The average Bonchev–Trinajstić information content (AvgIpc) is 2.74. The van der Waals surface area contributed by atoms with Gasteiger partial charge in [0.15, 0.2) is 16.6 Å². The molecule has 0 radical (unpaired) electrons. The number of thiocarbonyl (C=S) groups is 1. The molecule has 0 atom stereocenters. The number of carbonyl (C=O) groups excluding carboxylic acids is 1. The Labute approximate surface area is 170 Å². The highest BCUT2D eigenvalue weighted by Crippen LogP contribution is 2.29. The van der Waals surface area contributed by atoms with Crippen molar-refractivity contribution in [3.05, 3.63) is 48.0 Å². The van der Waals surface area contributed by atoms with E-state index in [2.05, 4.69) is 21.6 Å². The summed E-state index contributed by atoms with van der Waals surface area (Å²) in [5.41, 5.74) is 2.43. The van der Waals surface area contributed by atoms with Gasteiger partial charge in [-0.05, 0) is 61.8 Å².